The second kappa shape index (κ2) is 10.8. The third kappa shape index (κ3) is 4.48. The van der Waals surface area contributed by atoms with Crippen molar-refractivity contribution in [1.82, 2.24) is 3.53 Å². The van der Waals surface area contributed by atoms with Crippen molar-refractivity contribution in [3.8, 4) is 17.2 Å². The Balaban J connectivity index is 1.68. The molecule has 14 heteroatoms. The summed E-state index contributed by atoms with van der Waals surface area (Å²) >= 11 is 7.41. The number of aliphatic hydroxyl groups is 3. The van der Waals surface area contributed by atoms with Crippen LogP contribution < -0.4 is 7.82 Å². The van der Waals surface area contributed by atoms with E-state index in [2.05, 4.69) is 3.53 Å². The Morgan fingerprint density at radius 3 is 2.55 bits per heavy atom. The van der Waals surface area contributed by atoms with E-state index in [4.69, 9.17) is 25.6 Å². The molecule has 0 aromatic heterocycles. The average molecular weight is 690 g/mol. The number of phenols is 2. The molecule has 3 aliphatic rings. The first-order chi connectivity index (χ1) is 19.0. The first-order valence-corrected chi connectivity index (χ1v) is 13.7. The van der Waals surface area contributed by atoms with Gasteiger partial charge in [0.1, 0.15) is 35.6 Å². The van der Waals surface area contributed by atoms with E-state index in [9.17, 15) is 39.9 Å². The third-order valence-electron chi connectivity index (χ3n) is 7.76. The van der Waals surface area contributed by atoms with E-state index in [0.29, 0.717) is 0 Å². The van der Waals surface area contributed by atoms with Crippen LogP contribution in [0.4, 0.5) is 0 Å². The van der Waals surface area contributed by atoms with Gasteiger partial charge in [-0.3, -0.25) is 17.9 Å². The number of aliphatic hydroxyl groups excluding tert-OH is 2. The van der Waals surface area contributed by atoms with Crippen LogP contribution in [0.1, 0.15) is 68.8 Å². The molecule has 1 heterocycles. The molecule has 2 aromatic carbocycles. The van der Waals surface area contributed by atoms with Gasteiger partial charge in [-0.2, -0.15) is 0 Å². The van der Waals surface area contributed by atoms with E-state index >= 15 is 0 Å². The van der Waals surface area contributed by atoms with Crippen LogP contribution in [0.3, 0.4) is 0 Å². The molecule has 1 saturated heterocycles. The lowest BCUT2D eigenvalue weighted by atomic mass is 9.72. The lowest BCUT2D eigenvalue weighted by Crippen LogP contribution is -2.52. The largest absolute Gasteiger partial charge is 0.507 e. The number of aromatic hydroxyl groups is 2. The number of carbonyl (C=O) groups excluding carboxylic acids is 3. The van der Waals surface area contributed by atoms with Crippen molar-refractivity contribution >= 4 is 52.1 Å². The predicted molar refractivity (Wildman–Crippen MR) is 145 cm³/mol. The minimum Gasteiger partial charge on any atom is -0.507 e. The minimum absolute atomic E-state index is 0.123. The number of hydrogen-bond acceptors (Lipinski definition) is 12. The quantitative estimate of drug-likeness (QED) is 0.124. The van der Waals surface area contributed by atoms with Gasteiger partial charge >= 0.3 is 0 Å². The van der Waals surface area contributed by atoms with Gasteiger partial charge in [-0.15, -0.1) is 0 Å². The zero-order valence-electron chi connectivity index (χ0n) is 20.9. The summed E-state index contributed by atoms with van der Waals surface area (Å²) < 4.78 is 19.6. The molecule has 6 atom stereocenters. The summed E-state index contributed by atoms with van der Waals surface area (Å²) in [5.41, 5.74) is -3.93. The Bertz CT molecular complexity index is 1420. The zero-order valence-corrected chi connectivity index (χ0v) is 23.8. The lowest BCUT2D eigenvalue weighted by molar-refractivity contribution is -0.248. The molecule has 2 aromatic rings. The monoisotopic (exact) mass is 689 g/mol. The molecule has 5 rings (SSSR count). The van der Waals surface area contributed by atoms with Gasteiger partial charge < -0.3 is 39.3 Å². The Hall–Kier alpha value is -2.37. The van der Waals surface area contributed by atoms with Gasteiger partial charge in [0.15, 0.2) is 23.6 Å². The maximum absolute atomic E-state index is 13.6. The van der Waals surface area contributed by atoms with Crippen molar-refractivity contribution in [2.45, 2.75) is 62.4 Å². The van der Waals surface area contributed by atoms with Crippen LogP contribution in [0.15, 0.2) is 18.2 Å². The predicted octanol–water partition coefficient (Wildman–Crippen LogP) is 1.51. The normalized spacial score (nSPS) is 29.4. The highest BCUT2D eigenvalue weighted by molar-refractivity contribution is 14.1. The molecule has 12 nitrogen and oxygen atoms in total. The van der Waals surface area contributed by atoms with Crippen molar-refractivity contribution in [2.75, 3.05) is 6.61 Å². The van der Waals surface area contributed by atoms with E-state index in [1.807, 2.05) is 22.9 Å². The second-order valence-electron chi connectivity index (χ2n) is 10.1. The number of phenolic OH excluding ortho intramolecular Hbond substituents is 2. The summed E-state index contributed by atoms with van der Waals surface area (Å²) in [5, 5.41) is 54.0. The summed E-state index contributed by atoms with van der Waals surface area (Å²) in [6.45, 7) is 0.603. The van der Waals surface area contributed by atoms with Crippen LogP contribution in [0.25, 0.3) is 0 Å². The molecular weight excluding hydrogens is 665 g/mol. The Morgan fingerprint density at radius 2 is 1.90 bits per heavy atom. The third-order valence-corrected chi connectivity index (χ3v) is 8.73. The molecule has 214 valence electrons. The Morgan fingerprint density at radius 1 is 1.20 bits per heavy atom. The number of carbonyl (C=O) groups is 3. The molecule has 0 bridgehead atoms. The molecule has 0 radical (unpaired) electrons. The summed E-state index contributed by atoms with van der Waals surface area (Å²) in [6.07, 6.45) is -4.82. The molecule has 0 amide bonds. The van der Waals surface area contributed by atoms with Crippen molar-refractivity contribution < 1.29 is 53.7 Å². The highest BCUT2D eigenvalue weighted by Crippen LogP contribution is 2.52. The van der Waals surface area contributed by atoms with Crippen molar-refractivity contribution in [3.05, 3.63) is 51.6 Å². The van der Waals surface area contributed by atoms with Crippen LogP contribution in [0.5, 0.6) is 17.2 Å². The first-order valence-electron chi connectivity index (χ1n) is 12.3. The van der Waals surface area contributed by atoms with Gasteiger partial charge in [0.25, 0.3) is 0 Å². The van der Waals surface area contributed by atoms with Gasteiger partial charge in [0.2, 0.25) is 5.78 Å². The second-order valence-corrected chi connectivity index (χ2v) is 10.9. The molecule has 40 heavy (non-hydrogen) atoms. The van der Waals surface area contributed by atoms with E-state index in [1.54, 1.807) is 6.92 Å². The molecule has 0 unspecified atom stereocenters. The van der Waals surface area contributed by atoms with Gasteiger partial charge in [-0.25, -0.2) is 0 Å². The van der Waals surface area contributed by atoms with Gasteiger partial charge in [0.05, 0.1) is 35.0 Å². The lowest BCUT2D eigenvalue weighted by Gasteiger charge is -2.42. The van der Waals surface area contributed by atoms with Crippen LogP contribution in [0, 0.1) is 0 Å². The number of benzene rings is 2. The first kappa shape index (κ1) is 29.1. The van der Waals surface area contributed by atoms with Crippen LogP contribution in [-0.4, -0.2) is 79.6 Å². The number of halogens is 2. The molecule has 1 fully saturated rings. The summed E-state index contributed by atoms with van der Waals surface area (Å²) in [6, 6.07) is 3.66. The van der Waals surface area contributed by atoms with Crippen LogP contribution >= 0.6 is 34.7 Å². The fraction of sp³-hybridized carbons (Fsp3) is 0.423. The molecule has 1 aliphatic heterocycles. The molecule has 6 N–H and O–H groups in total. The summed E-state index contributed by atoms with van der Waals surface area (Å²) in [7, 11) is 0. The number of fused-ring (bicyclic) bond motifs is 3. The summed E-state index contributed by atoms with van der Waals surface area (Å²) in [4.78, 5) is 39.8. The molecule has 2 aliphatic carbocycles. The van der Waals surface area contributed by atoms with Crippen molar-refractivity contribution in [1.29, 1.82) is 0 Å². The SMILES string of the molecule is C[C@@H]1O[C@@H](O[C@H]2C[C@](O)(C(=O)CO)Cc3c(O)c4c(c(O)c32)C(=O)c2c(OCl)cccc2C4=O)C[C@H](NI)[C@@H]1O. The maximum Gasteiger partial charge on any atom is 0.202 e. The van der Waals surface area contributed by atoms with Gasteiger partial charge in [-0.1, -0.05) is 12.1 Å². The zero-order chi connectivity index (χ0) is 29.1. The van der Waals surface area contributed by atoms with E-state index in [0.717, 1.165) is 0 Å². The Kier molecular flexibility index (Phi) is 7.86. The van der Waals surface area contributed by atoms with Crippen molar-refractivity contribution in [2.24, 2.45) is 0 Å². The minimum atomic E-state index is -2.25. The number of ketones is 3. The number of Topliss-reactive ketones (excluding diaryl/α,β-unsaturated/α-hetero) is 1. The molecular formula is C26H25ClINO11. The van der Waals surface area contributed by atoms with Gasteiger partial charge in [0, 0.05) is 64.9 Å². The highest BCUT2D eigenvalue weighted by atomic mass is 127. The van der Waals surface area contributed by atoms with Crippen molar-refractivity contribution in [3.63, 3.8) is 0 Å². The van der Waals surface area contributed by atoms with E-state index in [1.165, 1.54) is 18.2 Å². The fourth-order valence-corrected chi connectivity index (χ4v) is 6.47. The van der Waals surface area contributed by atoms with E-state index < -0.39 is 95.7 Å². The van der Waals surface area contributed by atoms with Crippen LogP contribution in [-0.2, 0) is 20.7 Å². The van der Waals surface area contributed by atoms with Gasteiger partial charge in [-0.05, 0) is 13.0 Å². The van der Waals surface area contributed by atoms with E-state index in [-0.39, 0.29) is 34.4 Å². The smallest absolute Gasteiger partial charge is 0.202 e. The highest BCUT2D eigenvalue weighted by Gasteiger charge is 2.50. The number of ether oxygens (including phenoxy) is 2. The number of rotatable bonds is 6. The fourth-order valence-electron chi connectivity index (χ4n) is 5.72. The van der Waals surface area contributed by atoms with Crippen LogP contribution in [0.2, 0.25) is 0 Å². The topological polar surface area (TPSA) is 192 Å². The Labute approximate surface area is 246 Å². The molecule has 0 spiro atoms. The summed E-state index contributed by atoms with van der Waals surface area (Å²) in [5.74, 6) is -4.17. The number of nitrogens with one attached hydrogen (secondary N) is 1. The number of hydrogen-bond donors (Lipinski definition) is 6. The molecule has 0 saturated carbocycles. The maximum atomic E-state index is 13.6. The average Bonchev–Trinajstić information content (AvgIpc) is 2.94. The standard InChI is InChI=1S/C26H25ClINO11/c1-9-21(32)12(29-28)5-16(38-9)39-14-7-26(37,15(31)8-30)6-11-18(14)25(36)20-19(23(11)34)22(33)10-3-2-4-13(40-27)17(10)24(20)35/h2-4,9,12,14,16,21,29-30,32,34,36-37H,5-8H2,1H3/t9-,12-,14-,16-,21+,26-/m0/s1.